The van der Waals surface area contributed by atoms with Crippen LogP contribution in [0.1, 0.15) is 46.8 Å². The van der Waals surface area contributed by atoms with E-state index in [1.807, 2.05) is 55.1 Å². The van der Waals surface area contributed by atoms with Gasteiger partial charge in [-0.15, -0.1) is 0 Å². The van der Waals surface area contributed by atoms with Crippen molar-refractivity contribution in [1.29, 1.82) is 0 Å². The minimum atomic E-state index is 0.0334. The Morgan fingerprint density at radius 3 is 2.62 bits per heavy atom. The van der Waals surface area contributed by atoms with Crippen LogP contribution in [0.25, 0.3) is 0 Å². The average Bonchev–Trinajstić information content (AvgIpc) is 2.90. The van der Waals surface area contributed by atoms with Crippen molar-refractivity contribution in [2.45, 2.75) is 46.1 Å². The number of aryl methyl sites for hydroxylation is 2. The molecule has 0 bridgehead atoms. The molecular formula is C21H23NO2. The molecule has 0 saturated carbocycles. The summed E-state index contributed by atoms with van der Waals surface area (Å²) in [6, 6.07) is 14.1. The van der Waals surface area contributed by atoms with E-state index in [9.17, 15) is 9.59 Å². The highest BCUT2D eigenvalue weighted by molar-refractivity contribution is 6.02. The van der Waals surface area contributed by atoms with Crippen LogP contribution in [0, 0.1) is 13.8 Å². The van der Waals surface area contributed by atoms with E-state index in [1.54, 1.807) is 0 Å². The lowest BCUT2D eigenvalue weighted by molar-refractivity contribution is -0.118. The minimum absolute atomic E-state index is 0.0334. The largest absolute Gasteiger partial charge is 0.309 e. The number of amides is 1. The quantitative estimate of drug-likeness (QED) is 0.790. The lowest BCUT2D eigenvalue weighted by Gasteiger charge is -2.22. The van der Waals surface area contributed by atoms with E-state index in [-0.39, 0.29) is 30.6 Å². The van der Waals surface area contributed by atoms with E-state index in [2.05, 4.69) is 13.0 Å². The fourth-order valence-corrected chi connectivity index (χ4v) is 3.46. The highest BCUT2D eigenvalue weighted by atomic mass is 16.2. The number of carbonyl (C=O) groups excluding carboxylic acids is 2. The van der Waals surface area contributed by atoms with Crippen LogP contribution in [0.3, 0.4) is 0 Å². The normalized spacial score (nSPS) is 16.1. The Hall–Kier alpha value is -2.42. The predicted molar refractivity (Wildman–Crippen MR) is 96.6 cm³/mol. The summed E-state index contributed by atoms with van der Waals surface area (Å²) in [5.74, 6) is 0.0794. The van der Waals surface area contributed by atoms with Crippen LogP contribution in [0.2, 0.25) is 0 Å². The van der Waals surface area contributed by atoms with Crippen molar-refractivity contribution >= 4 is 17.4 Å². The van der Waals surface area contributed by atoms with Gasteiger partial charge in [-0.3, -0.25) is 9.59 Å². The second-order valence-electron chi connectivity index (χ2n) is 6.69. The lowest BCUT2D eigenvalue weighted by atomic mass is 9.99. The van der Waals surface area contributed by atoms with Crippen LogP contribution in [0.5, 0.6) is 0 Å². The number of rotatable bonds is 4. The Bertz CT molecular complexity index is 794. The fraction of sp³-hybridized carbons (Fsp3) is 0.333. The maximum absolute atomic E-state index is 12.7. The molecule has 3 nitrogen and oxygen atoms in total. The van der Waals surface area contributed by atoms with E-state index in [0.29, 0.717) is 0 Å². The number of anilines is 1. The first-order valence-electron chi connectivity index (χ1n) is 8.48. The summed E-state index contributed by atoms with van der Waals surface area (Å²) in [5.41, 5.74) is 4.97. The van der Waals surface area contributed by atoms with E-state index >= 15 is 0 Å². The van der Waals surface area contributed by atoms with Gasteiger partial charge < -0.3 is 4.90 Å². The molecule has 0 N–H and O–H groups in total. The standard InChI is InChI=1S/C21H23NO2/c1-14-8-9-15(2)18(12-14)20(23)10-11-21(24)22-16(3)13-17-6-4-5-7-19(17)22/h4-9,12,16H,10-11,13H2,1-3H3. The lowest BCUT2D eigenvalue weighted by Crippen LogP contribution is -2.35. The van der Waals surface area contributed by atoms with Crippen LogP contribution in [0.15, 0.2) is 42.5 Å². The Balaban J connectivity index is 1.70. The summed E-state index contributed by atoms with van der Waals surface area (Å²) < 4.78 is 0. The summed E-state index contributed by atoms with van der Waals surface area (Å²) in [4.78, 5) is 27.0. The predicted octanol–water partition coefficient (Wildman–Crippen LogP) is 4.24. The molecule has 3 rings (SSSR count). The number of hydrogen-bond acceptors (Lipinski definition) is 2. The second kappa shape index (κ2) is 6.60. The molecule has 124 valence electrons. The molecule has 1 aliphatic heterocycles. The fourth-order valence-electron chi connectivity index (χ4n) is 3.46. The molecule has 1 amide bonds. The molecule has 24 heavy (non-hydrogen) atoms. The molecule has 1 heterocycles. The minimum Gasteiger partial charge on any atom is -0.309 e. The van der Waals surface area contributed by atoms with Gasteiger partial charge in [-0.1, -0.05) is 35.9 Å². The first-order valence-corrected chi connectivity index (χ1v) is 8.48. The van der Waals surface area contributed by atoms with Gasteiger partial charge in [-0.05, 0) is 50.5 Å². The molecule has 2 aromatic carbocycles. The molecular weight excluding hydrogens is 298 g/mol. The van der Waals surface area contributed by atoms with Gasteiger partial charge in [0.25, 0.3) is 0 Å². The Morgan fingerprint density at radius 1 is 1.08 bits per heavy atom. The molecule has 0 aliphatic carbocycles. The van der Waals surface area contributed by atoms with Crippen molar-refractivity contribution < 1.29 is 9.59 Å². The third kappa shape index (κ3) is 3.12. The Labute approximate surface area is 143 Å². The van der Waals surface area contributed by atoms with Crippen molar-refractivity contribution in [3.8, 4) is 0 Å². The van der Waals surface area contributed by atoms with E-state index < -0.39 is 0 Å². The number of benzene rings is 2. The highest BCUT2D eigenvalue weighted by Crippen LogP contribution is 2.32. The van der Waals surface area contributed by atoms with Crippen LogP contribution in [0.4, 0.5) is 5.69 Å². The second-order valence-corrected chi connectivity index (χ2v) is 6.69. The van der Waals surface area contributed by atoms with Gasteiger partial charge in [0.2, 0.25) is 5.91 Å². The summed E-state index contributed by atoms with van der Waals surface area (Å²) >= 11 is 0. The molecule has 0 saturated heterocycles. The number of ketones is 1. The summed E-state index contributed by atoms with van der Waals surface area (Å²) in [6.45, 7) is 5.97. The maximum Gasteiger partial charge on any atom is 0.227 e. The van der Waals surface area contributed by atoms with E-state index in [0.717, 1.165) is 28.8 Å². The summed E-state index contributed by atoms with van der Waals surface area (Å²) in [7, 11) is 0. The molecule has 2 aromatic rings. The third-order valence-electron chi connectivity index (χ3n) is 4.74. The van der Waals surface area contributed by atoms with Gasteiger partial charge in [0.15, 0.2) is 5.78 Å². The van der Waals surface area contributed by atoms with Crippen LogP contribution in [-0.4, -0.2) is 17.7 Å². The van der Waals surface area contributed by atoms with E-state index in [1.165, 1.54) is 5.56 Å². The monoisotopic (exact) mass is 321 g/mol. The number of hydrogen-bond donors (Lipinski definition) is 0. The van der Waals surface area contributed by atoms with Gasteiger partial charge in [0, 0.05) is 30.1 Å². The molecule has 1 atom stereocenters. The number of nitrogens with zero attached hydrogens (tertiary/aromatic N) is 1. The Kier molecular flexibility index (Phi) is 4.52. The van der Waals surface area contributed by atoms with Crippen molar-refractivity contribution in [2.75, 3.05) is 4.90 Å². The molecule has 0 fully saturated rings. The number of Topliss-reactive ketones (excluding diaryl/α,β-unsaturated/α-hetero) is 1. The van der Waals surface area contributed by atoms with Crippen molar-refractivity contribution in [3.63, 3.8) is 0 Å². The molecule has 0 spiro atoms. The van der Waals surface area contributed by atoms with Crippen molar-refractivity contribution in [1.82, 2.24) is 0 Å². The van der Waals surface area contributed by atoms with Gasteiger partial charge in [-0.2, -0.15) is 0 Å². The van der Waals surface area contributed by atoms with Crippen LogP contribution >= 0.6 is 0 Å². The van der Waals surface area contributed by atoms with Crippen molar-refractivity contribution in [2.24, 2.45) is 0 Å². The number of para-hydroxylation sites is 1. The third-order valence-corrected chi connectivity index (χ3v) is 4.74. The van der Waals surface area contributed by atoms with E-state index in [4.69, 9.17) is 0 Å². The number of carbonyl (C=O) groups is 2. The summed E-state index contributed by atoms with van der Waals surface area (Å²) in [6.07, 6.45) is 1.40. The molecule has 1 aliphatic rings. The van der Waals surface area contributed by atoms with Gasteiger partial charge >= 0.3 is 0 Å². The topological polar surface area (TPSA) is 37.4 Å². The zero-order chi connectivity index (χ0) is 17.3. The smallest absolute Gasteiger partial charge is 0.227 e. The van der Waals surface area contributed by atoms with Gasteiger partial charge in [0.05, 0.1) is 0 Å². The Morgan fingerprint density at radius 2 is 1.83 bits per heavy atom. The number of fused-ring (bicyclic) bond motifs is 1. The van der Waals surface area contributed by atoms with Crippen molar-refractivity contribution in [3.05, 3.63) is 64.7 Å². The zero-order valence-electron chi connectivity index (χ0n) is 14.5. The highest BCUT2D eigenvalue weighted by Gasteiger charge is 2.30. The van der Waals surface area contributed by atoms with Crippen LogP contribution in [-0.2, 0) is 11.2 Å². The molecule has 0 radical (unpaired) electrons. The molecule has 3 heteroatoms. The van der Waals surface area contributed by atoms with Crippen LogP contribution < -0.4 is 4.90 Å². The van der Waals surface area contributed by atoms with Gasteiger partial charge in [-0.25, -0.2) is 0 Å². The zero-order valence-corrected chi connectivity index (χ0v) is 14.5. The van der Waals surface area contributed by atoms with Gasteiger partial charge in [0.1, 0.15) is 0 Å². The SMILES string of the molecule is Cc1ccc(C)c(C(=O)CCC(=O)N2c3ccccc3CC2C)c1. The summed E-state index contributed by atoms with van der Waals surface area (Å²) in [5, 5.41) is 0. The first kappa shape index (κ1) is 16.4. The first-order chi connectivity index (χ1) is 11.5. The average molecular weight is 321 g/mol. The molecule has 1 unspecified atom stereocenters. The molecule has 0 aromatic heterocycles. The maximum atomic E-state index is 12.7.